The highest BCUT2D eigenvalue weighted by Crippen LogP contribution is 2.16. The van der Waals surface area contributed by atoms with Crippen LogP contribution < -0.4 is 21.5 Å². The zero-order valence-corrected chi connectivity index (χ0v) is 15.2. The highest BCUT2D eigenvalue weighted by atomic mass is 32.1. The van der Waals surface area contributed by atoms with Gasteiger partial charge in [-0.05, 0) is 60.9 Å². The van der Waals surface area contributed by atoms with Gasteiger partial charge >= 0.3 is 0 Å². The third-order valence-electron chi connectivity index (χ3n) is 3.64. The third kappa shape index (κ3) is 6.29. The highest BCUT2D eigenvalue weighted by Gasteiger charge is 2.15. The first kappa shape index (κ1) is 17.9. The molecule has 0 radical (unpaired) electrons. The molecule has 0 aliphatic carbocycles. The van der Waals surface area contributed by atoms with Gasteiger partial charge in [0.2, 0.25) is 0 Å². The largest absolute Gasteiger partial charge is 0.376 e. The second kappa shape index (κ2) is 9.00. The van der Waals surface area contributed by atoms with Crippen LogP contribution in [0.1, 0.15) is 38.2 Å². The van der Waals surface area contributed by atoms with Gasteiger partial charge in [-0.25, -0.2) is 0 Å². The topological polar surface area (TPSA) is 57.3 Å². The van der Waals surface area contributed by atoms with Crippen molar-refractivity contribution in [1.29, 1.82) is 0 Å². The Morgan fingerprint density at radius 2 is 1.87 bits per heavy atom. The van der Waals surface area contributed by atoms with Crippen molar-refractivity contribution in [3.63, 3.8) is 0 Å². The van der Waals surface area contributed by atoms with Crippen LogP contribution in [0.3, 0.4) is 0 Å². The number of ether oxygens (including phenoxy) is 1. The van der Waals surface area contributed by atoms with Crippen LogP contribution in [0.2, 0.25) is 0 Å². The van der Waals surface area contributed by atoms with Crippen molar-refractivity contribution in [1.82, 2.24) is 16.2 Å². The normalized spacial score (nSPS) is 16.9. The number of anilines is 1. The number of benzene rings is 1. The van der Waals surface area contributed by atoms with E-state index in [-0.39, 0.29) is 6.10 Å². The second-order valence-corrected chi connectivity index (χ2v) is 6.64. The van der Waals surface area contributed by atoms with Gasteiger partial charge in [0.15, 0.2) is 10.2 Å². The van der Waals surface area contributed by atoms with Crippen LogP contribution in [0.4, 0.5) is 5.69 Å². The lowest BCUT2D eigenvalue weighted by Gasteiger charge is -2.16. The molecule has 0 amide bonds. The van der Waals surface area contributed by atoms with Crippen LogP contribution in [0.15, 0.2) is 24.3 Å². The van der Waals surface area contributed by atoms with E-state index < -0.39 is 0 Å². The number of nitrogens with one attached hydrogen (secondary N) is 4. The van der Waals surface area contributed by atoms with Gasteiger partial charge in [0.05, 0.1) is 6.10 Å². The molecule has 1 heterocycles. The maximum absolute atomic E-state index is 5.53. The van der Waals surface area contributed by atoms with Crippen LogP contribution in [-0.4, -0.2) is 29.5 Å². The van der Waals surface area contributed by atoms with E-state index in [1.54, 1.807) is 0 Å². The predicted molar refractivity (Wildman–Crippen MR) is 103 cm³/mol. The van der Waals surface area contributed by atoms with Crippen LogP contribution in [-0.2, 0) is 4.74 Å². The summed E-state index contributed by atoms with van der Waals surface area (Å²) in [6.45, 7) is 5.89. The number of hydrogen-bond acceptors (Lipinski definition) is 3. The van der Waals surface area contributed by atoms with Gasteiger partial charge in [-0.3, -0.25) is 10.9 Å². The lowest BCUT2D eigenvalue weighted by Crippen LogP contribution is -2.49. The van der Waals surface area contributed by atoms with E-state index in [2.05, 4.69) is 47.5 Å². The van der Waals surface area contributed by atoms with E-state index in [1.807, 2.05) is 12.1 Å². The zero-order valence-electron chi connectivity index (χ0n) is 13.5. The Morgan fingerprint density at radius 3 is 2.48 bits per heavy atom. The predicted octanol–water partition coefficient (Wildman–Crippen LogP) is 2.65. The molecule has 1 saturated heterocycles. The van der Waals surface area contributed by atoms with E-state index in [4.69, 9.17) is 29.2 Å². The molecule has 0 aromatic heterocycles. The zero-order chi connectivity index (χ0) is 16.7. The molecule has 7 heteroatoms. The van der Waals surface area contributed by atoms with E-state index in [9.17, 15) is 0 Å². The Hall–Kier alpha value is -1.44. The molecular formula is C16H24N4OS2. The summed E-state index contributed by atoms with van der Waals surface area (Å²) >= 11 is 10.4. The summed E-state index contributed by atoms with van der Waals surface area (Å²) in [5, 5.41) is 7.18. The van der Waals surface area contributed by atoms with Gasteiger partial charge in [0, 0.05) is 18.8 Å². The van der Waals surface area contributed by atoms with Crippen molar-refractivity contribution in [2.75, 3.05) is 18.5 Å². The quantitative estimate of drug-likeness (QED) is 0.491. The van der Waals surface area contributed by atoms with Gasteiger partial charge in [-0.1, -0.05) is 26.0 Å². The molecule has 0 spiro atoms. The lowest BCUT2D eigenvalue weighted by atomic mass is 10.0. The first-order valence-corrected chi connectivity index (χ1v) is 8.68. The molecule has 0 bridgehead atoms. The van der Waals surface area contributed by atoms with E-state index in [0.29, 0.717) is 22.7 Å². The smallest absolute Gasteiger partial charge is 0.189 e. The van der Waals surface area contributed by atoms with Crippen LogP contribution in [0.5, 0.6) is 0 Å². The van der Waals surface area contributed by atoms with Gasteiger partial charge in [0.25, 0.3) is 0 Å². The number of hydrazine groups is 1. The molecule has 4 N–H and O–H groups in total. The minimum Gasteiger partial charge on any atom is -0.376 e. The minimum absolute atomic E-state index is 0.249. The fourth-order valence-electron chi connectivity index (χ4n) is 2.28. The Labute approximate surface area is 148 Å². The molecule has 23 heavy (non-hydrogen) atoms. The number of hydrogen-bond donors (Lipinski definition) is 4. The minimum atomic E-state index is 0.249. The summed E-state index contributed by atoms with van der Waals surface area (Å²) in [7, 11) is 0. The maximum Gasteiger partial charge on any atom is 0.189 e. The highest BCUT2D eigenvalue weighted by molar-refractivity contribution is 7.80. The standard InChI is InChI=1S/C16H24N4OS2/c1-11(2)12-5-7-13(8-6-12)18-16(23)20-19-15(22)17-10-14-4-3-9-21-14/h5-8,11,14H,3-4,9-10H2,1-2H3,(H2,17,19,22)(H2,18,20,23)/t14-/m1/s1. The van der Waals surface area contributed by atoms with E-state index in [1.165, 1.54) is 5.56 Å². The molecule has 0 unspecified atom stereocenters. The van der Waals surface area contributed by atoms with Crippen molar-refractivity contribution >= 4 is 40.3 Å². The molecule has 5 nitrogen and oxygen atoms in total. The van der Waals surface area contributed by atoms with Crippen molar-refractivity contribution < 1.29 is 4.74 Å². The third-order valence-corrected chi connectivity index (χ3v) is 4.09. The van der Waals surface area contributed by atoms with E-state index >= 15 is 0 Å². The molecule has 1 fully saturated rings. The summed E-state index contributed by atoms with van der Waals surface area (Å²) in [6, 6.07) is 8.21. The number of thiocarbonyl (C=S) groups is 2. The molecule has 1 aliphatic heterocycles. The van der Waals surface area contributed by atoms with Crippen LogP contribution in [0.25, 0.3) is 0 Å². The average molecular weight is 353 g/mol. The Kier molecular flexibility index (Phi) is 7.01. The van der Waals surface area contributed by atoms with E-state index in [0.717, 1.165) is 25.1 Å². The molecule has 1 aliphatic rings. The summed E-state index contributed by atoms with van der Waals surface area (Å²) in [5.74, 6) is 0.517. The molecule has 126 valence electrons. The molecule has 1 aromatic rings. The summed E-state index contributed by atoms with van der Waals surface area (Å²) < 4.78 is 5.53. The molecule has 2 rings (SSSR count). The van der Waals surface area contributed by atoms with Crippen molar-refractivity contribution in [2.24, 2.45) is 0 Å². The SMILES string of the molecule is CC(C)c1ccc(NC(=S)NNC(=S)NC[C@H]2CCCO2)cc1. The van der Waals surface area contributed by atoms with Crippen molar-refractivity contribution in [3.8, 4) is 0 Å². The Morgan fingerprint density at radius 1 is 1.17 bits per heavy atom. The fourth-order valence-corrected chi connectivity index (χ4v) is 2.59. The first-order chi connectivity index (χ1) is 11.0. The molecular weight excluding hydrogens is 328 g/mol. The van der Waals surface area contributed by atoms with Crippen molar-refractivity contribution in [2.45, 2.75) is 38.7 Å². The average Bonchev–Trinajstić information content (AvgIpc) is 3.05. The van der Waals surface area contributed by atoms with Gasteiger partial charge < -0.3 is 15.4 Å². The summed E-state index contributed by atoms with van der Waals surface area (Å²) in [5.41, 5.74) is 7.97. The van der Waals surface area contributed by atoms with Gasteiger partial charge in [0.1, 0.15) is 0 Å². The lowest BCUT2D eigenvalue weighted by molar-refractivity contribution is 0.114. The second-order valence-electron chi connectivity index (χ2n) is 5.83. The molecule has 0 saturated carbocycles. The Bertz CT molecular complexity index is 527. The summed E-state index contributed by atoms with van der Waals surface area (Å²) in [4.78, 5) is 0. The molecule has 1 atom stereocenters. The number of rotatable bonds is 4. The van der Waals surface area contributed by atoms with Crippen molar-refractivity contribution in [3.05, 3.63) is 29.8 Å². The van der Waals surface area contributed by atoms with Crippen LogP contribution in [0, 0.1) is 0 Å². The first-order valence-electron chi connectivity index (χ1n) is 7.87. The maximum atomic E-state index is 5.53. The van der Waals surface area contributed by atoms with Crippen LogP contribution >= 0.6 is 24.4 Å². The van der Waals surface area contributed by atoms with Gasteiger partial charge in [-0.15, -0.1) is 0 Å². The fraction of sp³-hybridized carbons (Fsp3) is 0.500. The molecule has 1 aromatic carbocycles. The summed E-state index contributed by atoms with van der Waals surface area (Å²) in [6.07, 6.45) is 2.45. The monoisotopic (exact) mass is 352 g/mol. The Balaban J connectivity index is 1.66. The van der Waals surface area contributed by atoms with Gasteiger partial charge in [-0.2, -0.15) is 0 Å².